The minimum absolute atomic E-state index is 0.0203. The molecule has 280 valence electrons. The van der Waals surface area contributed by atoms with E-state index in [2.05, 4.69) is 39.9 Å². The van der Waals surface area contributed by atoms with Gasteiger partial charge in [0.1, 0.15) is 17.7 Å². The number of aliphatic hydroxyl groups excluding tert-OH is 2. The maximum absolute atomic E-state index is 14.2. The lowest BCUT2D eigenvalue weighted by Crippen LogP contribution is -2.62. The Hall–Kier alpha value is -1.42. The molecule has 6 aliphatic rings. The molecule has 2 unspecified atom stereocenters. The van der Waals surface area contributed by atoms with Crippen LogP contribution in [0.15, 0.2) is 0 Å². The molecule has 0 radical (unpaired) electrons. The van der Waals surface area contributed by atoms with Crippen molar-refractivity contribution >= 4 is 12.1 Å². The molecular weight excluding hydrogens is 622 g/mol. The van der Waals surface area contributed by atoms with E-state index < -0.39 is 53.2 Å². The molecule has 0 aromatic heterocycles. The summed E-state index contributed by atoms with van der Waals surface area (Å²) in [5, 5.41) is 37.0. The van der Waals surface area contributed by atoms with Crippen LogP contribution in [0.5, 0.6) is 0 Å². The maximum Gasteiger partial charge on any atom is 0.408 e. The SMILES string of the molecule is CC(C)[C@H](NC(=O)OC(C)(C)C)C(=O)O[C@H]1C[C@@]2(C)C3C[C@H](O)[C@H]4C(C)(C)[C@@H](O)CC[C@@]45CC35CC[C@]2(C)[C@H]1[C@@]1(C)CC[C@@H](C(C)(C)O)O1. The van der Waals surface area contributed by atoms with Crippen LogP contribution in [0.25, 0.3) is 0 Å². The standard InChI is InChI=1S/C40H67NO8/c1-22(2)28(41-32(45)49-33(3,4)5)31(44)47-24-20-37(11)25-19-23(42)29-34(6,7)26(43)13-16-40(29)21-39(25,40)18-17-36(37,10)30(24)38(12)15-14-27(48-38)35(8,9)46/h22-30,42-43,46H,13-21H2,1-12H3,(H,41,45)/t23-,24-,25?,26-,27-,28-,29-,30-,36+,37-,38+,39?,40+/m0/s1. The molecular formula is C40H67NO8. The second-order valence-electron chi connectivity index (χ2n) is 20.7. The number of nitrogens with one attached hydrogen (secondary N) is 1. The van der Waals surface area contributed by atoms with Crippen LogP contribution in [0.2, 0.25) is 0 Å². The average Bonchev–Trinajstić information content (AvgIpc) is 3.28. The number of fused-ring (bicyclic) bond motifs is 2. The predicted molar refractivity (Wildman–Crippen MR) is 186 cm³/mol. The molecule has 0 aromatic rings. The predicted octanol–water partition coefficient (Wildman–Crippen LogP) is 6.54. The summed E-state index contributed by atoms with van der Waals surface area (Å²) in [4.78, 5) is 27.1. The van der Waals surface area contributed by atoms with Crippen LogP contribution in [0.4, 0.5) is 4.79 Å². The van der Waals surface area contributed by atoms with Crippen LogP contribution in [0.1, 0.15) is 141 Å². The molecule has 13 atom stereocenters. The van der Waals surface area contributed by atoms with Gasteiger partial charge in [0, 0.05) is 5.92 Å². The van der Waals surface area contributed by atoms with Gasteiger partial charge in [-0.15, -0.1) is 0 Å². The topological polar surface area (TPSA) is 135 Å². The van der Waals surface area contributed by atoms with E-state index in [0.29, 0.717) is 19.3 Å². The van der Waals surface area contributed by atoms with Gasteiger partial charge >= 0.3 is 12.1 Å². The second-order valence-corrected chi connectivity index (χ2v) is 20.7. The highest BCUT2D eigenvalue weighted by molar-refractivity contribution is 5.82. The third-order valence-corrected chi connectivity index (χ3v) is 15.6. The first-order valence-corrected chi connectivity index (χ1v) is 19.2. The van der Waals surface area contributed by atoms with Gasteiger partial charge in [-0.25, -0.2) is 9.59 Å². The maximum atomic E-state index is 14.2. The summed E-state index contributed by atoms with van der Waals surface area (Å²) in [6, 6.07) is -0.883. The van der Waals surface area contributed by atoms with E-state index in [1.165, 1.54) is 0 Å². The monoisotopic (exact) mass is 689 g/mol. The third kappa shape index (κ3) is 5.43. The molecule has 5 saturated carbocycles. The molecule has 9 heteroatoms. The van der Waals surface area contributed by atoms with Crippen molar-refractivity contribution in [2.75, 3.05) is 0 Å². The van der Waals surface area contributed by atoms with E-state index >= 15 is 0 Å². The summed E-state index contributed by atoms with van der Waals surface area (Å²) < 4.78 is 19.1. The van der Waals surface area contributed by atoms with Crippen LogP contribution in [-0.2, 0) is 19.0 Å². The highest BCUT2D eigenvalue weighted by Gasteiger charge is 2.85. The highest BCUT2D eigenvalue weighted by Crippen LogP contribution is 2.89. The zero-order valence-corrected chi connectivity index (χ0v) is 32.4. The Kier molecular flexibility index (Phi) is 8.60. The summed E-state index contributed by atoms with van der Waals surface area (Å²) in [6.07, 6.45) is 5.23. The lowest BCUT2D eigenvalue weighted by atomic mass is 9.41. The van der Waals surface area contributed by atoms with Crippen LogP contribution in [0.3, 0.4) is 0 Å². The summed E-state index contributed by atoms with van der Waals surface area (Å²) in [7, 11) is 0. The minimum Gasteiger partial charge on any atom is -0.460 e. The quantitative estimate of drug-likeness (QED) is 0.231. The Morgan fingerprint density at radius 2 is 1.53 bits per heavy atom. The Morgan fingerprint density at radius 3 is 2.10 bits per heavy atom. The molecule has 1 saturated heterocycles. The van der Waals surface area contributed by atoms with Crippen molar-refractivity contribution in [2.24, 2.45) is 50.7 Å². The third-order valence-electron chi connectivity index (χ3n) is 15.6. The van der Waals surface area contributed by atoms with Crippen LogP contribution in [-0.4, -0.2) is 74.6 Å². The molecule has 4 N–H and O–H groups in total. The van der Waals surface area contributed by atoms with Crippen molar-refractivity contribution in [3.63, 3.8) is 0 Å². The van der Waals surface area contributed by atoms with E-state index in [4.69, 9.17) is 14.2 Å². The van der Waals surface area contributed by atoms with E-state index in [-0.39, 0.29) is 56.9 Å². The fraction of sp³-hybridized carbons (Fsp3) is 0.950. The number of aliphatic hydroxyl groups is 3. The van der Waals surface area contributed by atoms with Crippen molar-refractivity contribution < 1.29 is 39.1 Å². The van der Waals surface area contributed by atoms with Crippen molar-refractivity contribution in [3.8, 4) is 0 Å². The van der Waals surface area contributed by atoms with E-state index in [1.807, 2.05) is 13.8 Å². The molecule has 1 heterocycles. The minimum atomic E-state index is -1.01. The number of carbonyl (C=O) groups is 2. The molecule has 9 nitrogen and oxygen atoms in total. The highest BCUT2D eigenvalue weighted by atomic mass is 16.6. The number of esters is 1. The van der Waals surface area contributed by atoms with Gasteiger partial charge in [0.05, 0.1) is 29.5 Å². The number of rotatable bonds is 6. The largest absolute Gasteiger partial charge is 0.460 e. The number of hydrogen-bond acceptors (Lipinski definition) is 8. The smallest absolute Gasteiger partial charge is 0.408 e. The van der Waals surface area contributed by atoms with Gasteiger partial charge in [-0.3, -0.25) is 0 Å². The van der Waals surface area contributed by atoms with Crippen molar-refractivity contribution in [3.05, 3.63) is 0 Å². The number of ether oxygens (including phenoxy) is 3. The number of alkyl carbamates (subject to hydrolysis) is 1. The lowest BCUT2D eigenvalue weighted by Gasteiger charge is -2.64. The van der Waals surface area contributed by atoms with Gasteiger partial charge in [-0.2, -0.15) is 0 Å². The zero-order chi connectivity index (χ0) is 36.5. The molecule has 5 aliphatic carbocycles. The molecule has 49 heavy (non-hydrogen) atoms. The Morgan fingerprint density at radius 1 is 0.878 bits per heavy atom. The van der Waals surface area contributed by atoms with E-state index in [0.717, 1.165) is 38.5 Å². The van der Waals surface area contributed by atoms with E-state index in [9.17, 15) is 24.9 Å². The zero-order valence-electron chi connectivity index (χ0n) is 32.4. The van der Waals surface area contributed by atoms with Crippen LogP contribution >= 0.6 is 0 Å². The number of carbonyl (C=O) groups excluding carboxylic acids is 2. The van der Waals surface area contributed by atoms with Crippen LogP contribution in [0, 0.1) is 50.7 Å². The van der Waals surface area contributed by atoms with Crippen molar-refractivity contribution in [1.82, 2.24) is 5.32 Å². The first-order valence-electron chi connectivity index (χ1n) is 19.2. The first-order chi connectivity index (χ1) is 22.3. The molecule has 1 aliphatic heterocycles. The van der Waals surface area contributed by atoms with Crippen molar-refractivity contribution in [2.45, 2.75) is 188 Å². The summed E-state index contributed by atoms with van der Waals surface area (Å²) >= 11 is 0. The first kappa shape index (κ1) is 37.3. The molecule has 0 aromatic carbocycles. The van der Waals surface area contributed by atoms with Gasteiger partial charge in [-0.1, -0.05) is 41.5 Å². The normalized spacial score (nSPS) is 47.7. The second kappa shape index (κ2) is 11.3. The van der Waals surface area contributed by atoms with Crippen molar-refractivity contribution in [1.29, 1.82) is 0 Å². The fourth-order valence-electron chi connectivity index (χ4n) is 13.4. The lowest BCUT2D eigenvalue weighted by molar-refractivity contribution is -0.214. The van der Waals surface area contributed by atoms with Gasteiger partial charge in [0.2, 0.25) is 0 Å². The Balaban J connectivity index is 1.37. The number of amides is 1. The molecule has 1 amide bonds. The average molecular weight is 690 g/mol. The number of hydrogen-bond donors (Lipinski definition) is 4. The van der Waals surface area contributed by atoms with Gasteiger partial charge in [-0.05, 0) is 144 Å². The Bertz CT molecular complexity index is 1330. The summed E-state index contributed by atoms with van der Waals surface area (Å²) in [5.41, 5.74) is -3.14. The van der Waals surface area contributed by atoms with Gasteiger partial charge < -0.3 is 34.8 Å². The van der Waals surface area contributed by atoms with Gasteiger partial charge in [0.15, 0.2) is 0 Å². The summed E-state index contributed by atoms with van der Waals surface area (Å²) in [5.74, 6) is -0.545. The fourth-order valence-corrected chi connectivity index (χ4v) is 13.4. The Labute approximate surface area is 295 Å². The van der Waals surface area contributed by atoms with E-state index in [1.54, 1.807) is 34.6 Å². The van der Waals surface area contributed by atoms with Gasteiger partial charge in [0.25, 0.3) is 0 Å². The molecule has 6 fully saturated rings. The van der Waals surface area contributed by atoms with Crippen LogP contribution < -0.4 is 5.32 Å². The molecule has 6 rings (SSSR count). The summed E-state index contributed by atoms with van der Waals surface area (Å²) in [6.45, 7) is 24.0. The molecule has 2 spiro atoms. The molecule has 0 bridgehead atoms.